The lowest BCUT2D eigenvalue weighted by atomic mass is 10.0. The molecule has 1 aliphatic carbocycles. The normalized spacial score (nSPS) is 13.9. The largest absolute Gasteiger partial charge is 0.488 e. The Morgan fingerprint density at radius 2 is 1.76 bits per heavy atom. The van der Waals surface area contributed by atoms with Crippen molar-refractivity contribution in [1.82, 2.24) is 0 Å². The molecule has 0 bridgehead atoms. The maximum atomic E-state index is 13.0. The molecule has 0 aromatic heterocycles. The smallest absolute Gasteiger partial charge is 0.127 e. The molecule has 1 aliphatic rings. The summed E-state index contributed by atoms with van der Waals surface area (Å²) in [7, 11) is 0. The number of benzene rings is 2. The molecule has 0 radical (unpaired) electrons. The van der Waals surface area contributed by atoms with Gasteiger partial charge in [0.2, 0.25) is 0 Å². The van der Waals surface area contributed by atoms with Crippen molar-refractivity contribution in [2.45, 2.75) is 12.8 Å². The van der Waals surface area contributed by atoms with Gasteiger partial charge in [0.15, 0.2) is 0 Å². The summed E-state index contributed by atoms with van der Waals surface area (Å²) in [6, 6.07) is 14.4. The summed E-state index contributed by atoms with van der Waals surface area (Å²) in [6.07, 6.45) is 8.68. The zero-order chi connectivity index (χ0) is 14.5. The number of halogens is 1. The highest BCUT2D eigenvalue weighted by molar-refractivity contribution is 5.70. The van der Waals surface area contributed by atoms with Crippen LogP contribution >= 0.6 is 0 Å². The predicted octanol–water partition coefficient (Wildman–Crippen LogP) is 5.15. The fourth-order valence-electron chi connectivity index (χ4n) is 2.40. The molecule has 0 aliphatic heterocycles. The van der Waals surface area contributed by atoms with Crippen LogP contribution in [-0.2, 0) is 0 Å². The highest BCUT2D eigenvalue weighted by atomic mass is 19.1. The van der Waals surface area contributed by atoms with Gasteiger partial charge < -0.3 is 4.74 Å². The Labute approximate surface area is 124 Å². The molecule has 106 valence electrons. The molecular weight excluding hydrogens is 263 g/mol. The zero-order valence-corrected chi connectivity index (χ0v) is 11.8. The minimum atomic E-state index is -0.227. The summed E-state index contributed by atoms with van der Waals surface area (Å²) < 4.78 is 19.0. The van der Waals surface area contributed by atoms with Gasteiger partial charge in [0.25, 0.3) is 0 Å². The molecular formula is C19H17FO. The highest BCUT2D eigenvalue weighted by Gasteiger charge is 2.07. The first-order valence-electron chi connectivity index (χ1n) is 7.16. The minimum absolute atomic E-state index is 0.227. The molecule has 0 atom stereocenters. The monoisotopic (exact) mass is 280 g/mol. The molecule has 1 nitrogen and oxygen atoms in total. The van der Waals surface area contributed by atoms with Crippen LogP contribution < -0.4 is 4.74 Å². The summed E-state index contributed by atoms with van der Waals surface area (Å²) in [5, 5.41) is 0. The lowest BCUT2D eigenvalue weighted by Crippen LogP contribution is -2.02. The Balaban J connectivity index is 1.81. The zero-order valence-electron chi connectivity index (χ0n) is 11.8. The summed E-state index contributed by atoms with van der Waals surface area (Å²) in [6.45, 7) is 0.564. The van der Waals surface area contributed by atoms with E-state index in [-0.39, 0.29) is 5.82 Å². The van der Waals surface area contributed by atoms with Crippen molar-refractivity contribution < 1.29 is 9.13 Å². The standard InChI is InChI=1S/C19H17FO/c20-17-12-10-16(11-13-17)18-8-4-5-9-19(18)21-14-15-6-2-1-3-7-15/h2,4-13H,1,3,14H2. The summed E-state index contributed by atoms with van der Waals surface area (Å²) in [4.78, 5) is 0. The first-order valence-corrected chi connectivity index (χ1v) is 7.16. The first kappa shape index (κ1) is 13.6. The van der Waals surface area contributed by atoms with E-state index in [0.29, 0.717) is 6.61 Å². The van der Waals surface area contributed by atoms with Crippen LogP contribution in [0, 0.1) is 5.82 Å². The van der Waals surface area contributed by atoms with E-state index in [1.165, 1.54) is 17.7 Å². The number of hydrogen-bond acceptors (Lipinski definition) is 1. The van der Waals surface area contributed by atoms with E-state index in [4.69, 9.17) is 4.74 Å². The molecule has 21 heavy (non-hydrogen) atoms. The minimum Gasteiger partial charge on any atom is -0.488 e. The molecule has 2 aromatic carbocycles. The number of hydrogen-bond donors (Lipinski definition) is 0. The van der Waals surface area contributed by atoms with E-state index in [9.17, 15) is 4.39 Å². The van der Waals surface area contributed by atoms with E-state index in [0.717, 1.165) is 29.7 Å². The van der Waals surface area contributed by atoms with E-state index < -0.39 is 0 Å². The van der Waals surface area contributed by atoms with Crippen LogP contribution in [0.4, 0.5) is 4.39 Å². The average molecular weight is 280 g/mol. The average Bonchev–Trinajstić information content (AvgIpc) is 2.55. The van der Waals surface area contributed by atoms with Crippen molar-refractivity contribution in [3.8, 4) is 16.9 Å². The van der Waals surface area contributed by atoms with Crippen molar-refractivity contribution in [3.63, 3.8) is 0 Å². The molecule has 0 N–H and O–H groups in total. The highest BCUT2D eigenvalue weighted by Crippen LogP contribution is 2.30. The van der Waals surface area contributed by atoms with E-state index in [1.807, 2.05) is 24.3 Å². The number of para-hydroxylation sites is 1. The van der Waals surface area contributed by atoms with Crippen molar-refractivity contribution in [2.24, 2.45) is 0 Å². The molecule has 0 heterocycles. The molecule has 0 amide bonds. The van der Waals surface area contributed by atoms with Gasteiger partial charge in [0.05, 0.1) is 0 Å². The van der Waals surface area contributed by atoms with E-state index in [1.54, 1.807) is 12.1 Å². The Kier molecular flexibility index (Phi) is 4.15. The van der Waals surface area contributed by atoms with Crippen LogP contribution in [-0.4, -0.2) is 6.61 Å². The van der Waals surface area contributed by atoms with Gasteiger partial charge in [-0.15, -0.1) is 0 Å². The number of rotatable bonds is 4. The van der Waals surface area contributed by atoms with Gasteiger partial charge in [0.1, 0.15) is 18.2 Å². The second-order valence-electron chi connectivity index (χ2n) is 5.05. The molecule has 0 saturated carbocycles. The second kappa shape index (κ2) is 6.40. The molecule has 0 unspecified atom stereocenters. The molecule has 0 saturated heterocycles. The first-order chi connectivity index (χ1) is 10.3. The Morgan fingerprint density at radius 1 is 0.952 bits per heavy atom. The lowest BCUT2D eigenvalue weighted by Gasteiger charge is -2.13. The van der Waals surface area contributed by atoms with Crippen LogP contribution in [0.25, 0.3) is 11.1 Å². The third-order valence-corrected chi connectivity index (χ3v) is 3.51. The maximum Gasteiger partial charge on any atom is 0.127 e. The van der Waals surface area contributed by atoms with Gasteiger partial charge in [-0.2, -0.15) is 0 Å². The number of allylic oxidation sites excluding steroid dienone is 2. The van der Waals surface area contributed by atoms with Crippen LogP contribution in [0.5, 0.6) is 5.75 Å². The van der Waals surface area contributed by atoms with Gasteiger partial charge in [-0.25, -0.2) is 4.39 Å². The van der Waals surface area contributed by atoms with Gasteiger partial charge in [0, 0.05) is 5.56 Å². The summed E-state index contributed by atoms with van der Waals surface area (Å²) in [5.74, 6) is 0.596. The third-order valence-electron chi connectivity index (χ3n) is 3.51. The fourth-order valence-corrected chi connectivity index (χ4v) is 2.40. The van der Waals surface area contributed by atoms with Gasteiger partial charge in [-0.3, -0.25) is 0 Å². The lowest BCUT2D eigenvalue weighted by molar-refractivity contribution is 0.356. The molecule has 0 fully saturated rings. The van der Waals surface area contributed by atoms with Gasteiger partial charge in [-0.05, 0) is 42.2 Å². The SMILES string of the molecule is Fc1ccc(-c2ccccc2OCC2=CCCC=C2)cc1. The van der Waals surface area contributed by atoms with Crippen LogP contribution in [0.1, 0.15) is 12.8 Å². The van der Waals surface area contributed by atoms with Crippen molar-refractivity contribution in [3.05, 3.63) is 78.1 Å². The van der Waals surface area contributed by atoms with Crippen LogP contribution in [0.15, 0.2) is 72.3 Å². The molecule has 2 heteroatoms. The predicted molar refractivity (Wildman–Crippen MR) is 83.8 cm³/mol. The van der Waals surface area contributed by atoms with Crippen molar-refractivity contribution in [1.29, 1.82) is 0 Å². The summed E-state index contributed by atoms with van der Waals surface area (Å²) >= 11 is 0. The van der Waals surface area contributed by atoms with Gasteiger partial charge >= 0.3 is 0 Å². The molecule has 3 rings (SSSR count). The Morgan fingerprint density at radius 3 is 2.52 bits per heavy atom. The summed E-state index contributed by atoms with van der Waals surface area (Å²) in [5.41, 5.74) is 3.15. The van der Waals surface area contributed by atoms with E-state index >= 15 is 0 Å². The maximum absolute atomic E-state index is 13.0. The Bertz CT molecular complexity index is 668. The van der Waals surface area contributed by atoms with Crippen LogP contribution in [0.3, 0.4) is 0 Å². The quantitative estimate of drug-likeness (QED) is 0.752. The molecule has 2 aromatic rings. The number of ether oxygens (including phenoxy) is 1. The van der Waals surface area contributed by atoms with Crippen LogP contribution in [0.2, 0.25) is 0 Å². The van der Waals surface area contributed by atoms with Crippen molar-refractivity contribution >= 4 is 0 Å². The third kappa shape index (κ3) is 3.40. The topological polar surface area (TPSA) is 9.23 Å². The second-order valence-corrected chi connectivity index (χ2v) is 5.05. The van der Waals surface area contributed by atoms with E-state index in [2.05, 4.69) is 18.2 Å². The Hall–Kier alpha value is -2.35. The molecule has 0 spiro atoms. The van der Waals surface area contributed by atoms with Crippen molar-refractivity contribution in [2.75, 3.05) is 6.61 Å². The van der Waals surface area contributed by atoms with Gasteiger partial charge in [-0.1, -0.05) is 48.6 Å². The fraction of sp³-hybridized carbons (Fsp3) is 0.158.